The van der Waals surface area contributed by atoms with Crippen LogP contribution in [-0.2, 0) is 13.6 Å². The van der Waals surface area contributed by atoms with Crippen molar-refractivity contribution in [2.45, 2.75) is 25.4 Å². The molecule has 0 aliphatic carbocycles. The second-order valence-electron chi connectivity index (χ2n) is 4.39. The number of halogens is 1. The van der Waals surface area contributed by atoms with E-state index in [4.69, 9.17) is 0 Å². The van der Waals surface area contributed by atoms with E-state index in [-0.39, 0.29) is 12.4 Å². The van der Waals surface area contributed by atoms with E-state index >= 15 is 0 Å². The molecule has 16 heavy (non-hydrogen) atoms. The summed E-state index contributed by atoms with van der Waals surface area (Å²) in [7, 11) is 4.27. The van der Waals surface area contributed by atoms with E-state index in [1.807, 2.05) is 12.5 Å². The lowest BCUT2D eigenvalue weighted by Crippen LogP contribution is -2.40. The summed E-state index contributed by atoms with van der Waals surface area (Å²) in [5.74, 6) is 0. The highest BCUT2D eigenvalue weighted by molar-refractivity contribution is 5.85. The van der Waals surface area contributed by atoms with Gasteiger partial charge in [-0.2, -0.15) is 0 Å². The molecule has 0 spiro atoms. The Morgan fingerprint density at radius 3 is 2.75 bits per heavy atom. The van der Waals surface area contributed by atoms with Crippen LogP contribution in [-0.4, -0.2) is 40.6 Å². The van der Waals surface area contributed by atoms with E-state index in [1.54, 1.807) is 0 Å². The Balaban J connectivity index is 0.00000128. The Kier molecular flexibility index (Phi) is 5.25. The zero-order valence-corrected chi connectivity index (χ0v) is 10.8. The van der Waals surface area contributed by atoms with Gasteiger partial charge < -0.3 is 9.88 Å². The average molecular weight is 245 g/mol. The van der Waals surface area contributed by atoms with E-state index in [9.17, 15) is 0 Å². The largest absolute Gasteiger partial charge is 0.337 e. The van der Waals surface area contributed by atoms with Crippen LogP contribution in [0.5, 0.6) is 0 Å². The molecular formula is C11H21ClN4. The van der Waals surface area contributed by atoms with E-state index in [0.29, 0.717) is 0 Å². The zero-order chi connectivity index (χ0) is 10.7. The van der Waals surface area contributed by atoms with Gasteiger partial charge in [-0.3, -0.25) is 4.90 Å². The third kappa shape index (κ3) is 3.20. The van der Waals surface area contributed by atoms with Gasteiger partial charge in [0.1, 0.15) is 0 Å². The first kappa shape index (κ1) is 13.5. The Labute approximate surface area is 103 Å². The molecule has 1 fully saturated rings. The Bertz CT molecular complexity index is 307. The number of imidazole rings is 1. The summed E-state index contributed by atoms with van der Waals surface area (Å²) >= 11 is 0. The topological polar surface area (TPSA) is 33.1 Å². The normalized spacial score (nSPS) is 17.4. The number of aryl methyl sites for hydroxylation is 1. The van der Waals surface area contributed by atoms with Gasteiger partial charge in [0.25, 0.3) is 0 Å². The van der Waals surface area contributed by atoms with Crippen molar-refractivity contribution in [1.29, 1.82) is 0 Å². The van der Waals surface area contributed by atoms with Crippen LogP contribution in [0.15, 0.2) is 12.5 Å². The molecule has 1 N–H and O–H groups in total. The lowest BCUT2D eigenvalue weighted by Gasteiger charge is -2.31. The number of hydrogen-bond acceptors (Lipinski definition) is 3. The predicted molar refractivity (Wildman–Crippen MR) is 67.8 cm³/mol. The molecule has 0 radical (unpaired) electrons. The molecule has 1 saturated heterocycles. The molecule has 2 heterocycles. The van der Waals surface area contributed by atoms with Crippen LogP contribution in [0.4, 0.5) is 0 Å². The summed E-state index contributed by atoms with van der Waals surface area (Å²) in [4.78, 5) is 6.59. The number of piperidine rings is 1. The first-order chi connectivity index (χ1) is 7.27. The number of hydrogen-bond donors (Lipinski definition) is 1. The molecular weight excluding hydrogens is 224 g/mol. The average Bonchev–Trinajstić information content (AvgIpc) is 2.66. The maximum atomic E-state index is 4.14. The SMILES string of the molecule is CN(Cc1cncn1C)C1CCNCC1.Cl. The summed E-state index contributed by atoms with van der Waals surface area (Å²) in [6.07, 6.45) is 6.34. The molecule has 2 rings (SSSR count). The lowest BCUT2D eigenvalue weighted by atomic mass is 10.1. The van der Waals surface area contributed by atoms with Gasteiger partial charge in [0.05, 0.1) is 12.0 Å². The van der Waals surface area contributed by atoms with Gasteiger partial charge in [0, 0.05) is 25.8 Å². The first-order valence-corrected chi connectivity index (χ1v) is 5.63. The molecule has 1 aromatic rings. The highest BCUT2D eigenvalue weighted by Gasteiger charge is 2.18. The van der Waals surface area contributed by atoms with Gasteiger partial charge in [-0.15, -0.1) is 12.4 Å². The lowest BCUT2D eigenvalue weighted by molar-refractivity contribution is 0.188. The number of rotatable bonds is 3. The molecule has 4 nitrogen and oxygen atoms in total. The van der Waals surface area contributed by atoms with Crippen LogP contribution in [0.25, 0.3) is 0 Å². The number of nitrogens with zero attached hydrogens (tertiary/aromatic N) is 3. The van der Waals surface area contributed by atoms with Crippen molar-refractivity contribution < 1.29 is 0 Å². The van der Waals surface area contributed by atoms with Gasteiger partial charge in [-0.1, -0.05) is 0 Å². The monoisotopic (exact) mass is 244 g/mol. The van der Waals surface area contributed by atoms with Crippen molar-refractivity contribution in [2.24, 2.45) is 7.05 Å². The fourth-order valence-electron chi connectivity index (χ4n) is 2.17. The van der Waals surface area contributed by atoms with E-state index in [1.165, 1.54) is 18.5 Å². The van der Waals surface area contributed by atoms with E-state index in [2.05, 4.69) is 33.9 Å². The molecule has 0 bridgehead atoms. The summed E-state index contributed by atoms with van der Waals surface area (Å²) in [6, 6.07) is 0.723. The highest BCUT2D eigenvalue weighted by Crippen LogP contribution is 2.12. The highest BCUT2D eigenvalue weighted by atomic mass is 35.5. The molecule has 0 atom stereocenters. The number of aromatic nitrogens is 2. The van der Waals surface area contributed by atoms with Crippen molar-refractivity contribution in [3.63, 3.8) is 0 Å². The Morgan fingerprint density at radius 2 is 2.19 bits per heavy atom. The molecule has 92 valence electrons. The third-order valence-corrected chi connectivity index (χ3v) is 3.26. The molecule has 0 aromatic carbocycles. The fraction of sp³-hybridized carbons (Fsp3) is 0.727. The van der Waals surface area contributed by atoms with Gasteiger partial charge in [0.2, 0.25) is 0 Å². The molecule has 1 aliphatic heterocycles. The van der Waals surface area contributed by atoms with Crippen molar-refractivity contribution in [3.05, 3.63) is 18.2 Å². The molecule has 1 aliphatic rings. The van der Waals surface area contributed by atoms with Crippen molar-refractivity contribution >= 4 is 12.4 Å². The second kappa shape index (κ2) is 6.23. The van der Waals surface area contributed by atoms with Crippen LogP contribution in [0, 0.1) is 0 Å². The van der Waals surface area contributed by atoms with Crippen molar-refractivity contribution in [2.75, 3.05) is 20.1 Å². The first-order valence-electron chi connectivity index (χ1n) is 5.63. The molecule has 0 unspecified atom stereocenters. The summed E-state index contributed by atoms with van der Waals surface area (Å²) < 4.78 is 2.09. The van der Waals surface area contributed by atoms with Crippen molar-refractivity contribution in [1.82, 2.24) is 19.8 Å². The Hall–Kier alpha value is -0.580. The molecule has 0 saturated carbocycles. The third-order valence-electron chi connectivity index (χ3n) is 3.26. The predicted octanol–water partition coefficient (Wildman–Crippen LogP) is 1.03. The van der Waals surface area contributed by atoms with E-state index in [0.717, 1.165) is 25.7 Å². The fourth-order valence-corrected chi connectivity index (χ4v) is 2.17. The van der Waals surface area contributed by atoms with Gasteiger partial charge in [-0.05, 0) is 33.0 Å². The maximum Gasteiger partial charge on any atom is 0.0945 e. The van der Waals surface area contributed by atoms with Crippen LogP contribution in [0.3, 0.4) is 0 Å². The zero-order valence-electron chi connectivity index (χ0n) is 10.0. The number of nitrogens with one attached hydrogen (secondary N) is 1. The summed E-state index contributed by atoms with van der Waals surface area (Å²) in [5.41, 5.74) is 1.29. The van der Waals surface area contributed by atoms with Crippen molar-refractivity contribution in [3.8, 4) is 0 Å². The smallest absolute Gasteiger partial charge is 0.0945 e. The Morgan fingerprint density at radius 1 is 1.50 bits per heavy atom. The van der Waals surface area contributed by atoms with Gasteiger partial charge in [0.15, 0.2) is 0 Å². The van der Waals surface area contributed by atoms with E-state index < -0.39 is 0 Å². The van der Waals surface area contributed by atoms with Crippen LogP contribution >= 0.6 is 12.4 Å². The van der Waals surface area contributed by atoms with Gasteiger partial charge in [-0.25, -0.2) is 4.98 Å². The molecule has 1 aromatic heterocycles. The van der Waals surface area contributed by atoms with Crippen LogP contribution < -0.4 is 5.32 Å². The summed E-state index contributed by atoms with van der Waals surface area (Å²) in [6.45, 7) is 3.31. The minimum atomic E-state index is 0. The molecule has 5 heteroatoms. The van der Waals surface area contributed by atoms with Crippen LogP contribution in [0.1, 0.15) is 18.5 Å². The standard InChI is InChI=1S/C11H20N4.ClH/c1-14(10-3-5-12-6-4-10)8-11-7-13-9-15(11)2;/h7,9-10,12H,3-6,8H2,1-2H3;1H. The second-order valence-corrected chi connectivity index (χ2v) is 4.39. The van der Waals surface area contributed by atoms with Crippen LogP contribution in [0.2, 0.25) is 0 Å². The quantitative estimate of drug-likeness (QED) is 0.862. The minimum absolute atomic E-state index is 0. The van der Waals surface area contributed by atoms with Gasteiger partial charge >= 0.3 is 0 Å². The molecule has 0 amide bonds. The summed E-state index contributed by atoms with van der Waals surface area (Å²) in [5, 5.41) is 3.40. The minimum Gasteiger partial charge on any atom is -0.337 e. The maximum absolute atomic E-state index is 4.14.